The molecule has 4 unspecified atom stereocenters. The van der Waals surface area contributed by atoms with Gasteiger partial charge >= 0.3 is 0 Å². The first kappa shape index (κ1) is 2.82. The Morgan fingerprint density at radius 2 is 3.00 bits per heavy atom. The standard InChI is InChI=1S/H6P4/c1-3-4-2/h3-4H,1-2H2/i1D,3D. The van der Waals surface area contributed by atoms with Crippen LogP contribution >= 0.6 is 33.7 Å². The summed E-state index contributed by atoms with van der Waals surface area (Å²) in [6, 6.07) is 0. The van der Waals surface area contributed by atoms with Crippen LogP contribution in [0.15, 0.2) is 0 Å². The molecule has 0 radical (unpaired) electrons. The van der Waals surface area contributed by atoms with Crippen molar-refractivity contribution in [2.45, 2.75) is 0 Å². The highest BCUT2D eigenvalue weighted by Crippen LogP contribution is 2.48. The van der Waals surface area contributed by atoms with Crippen LogP contribution in [0.25, 0.3) is 0 Å². The summed E-state index contributed by atoms with van der Waals surface area (Å²) in [5.41, 5.74) is 0. The van der Waals surface area contributed by atoms with Crippen LogP contribution in [0.1, 0.15) is 0 Å². The second kappa shape index (κ2) is 4.72. The van der Waals surface area contributed by atoms with Crippen LogP contribution in [0.4, 0.5) is 0 Å². The summed E-state index contributed by atoms with van der Waals surface area (Å²) in [5.74, 6) is 0. The largest absolute Gasteiger partial charge is 0.110 e. The van der Waals surface area contributed by atoms with E-state index in [9.17, 15) is 0 Å². The van der Waals surface area contributed by atoms with Crippen molar-refractivity contribution >= 4 is 33.7 Å². The zero-order valence-corrected chi connectivity index (χ0v) is 6.07. The van der Waals surface area contributed by atoms with Gasteiger partial charge in [0.15, 0.2) is 0 Å². The van der Waals surface area contributed by atoms with E-state index in [1.165, 1.54) is 0 Å². The highest BCUT2D eigenvalue weighted by molar-refractivity contribution is 8.54. The maximum Gasteiger partial charge on any atom is 0.0671 e. The van der Waals surface area contributed by atoms with Gasteiger partial charge in [0.05, 0.1) is 2.56 Å². The molecule has 0 rings (SSSR count). The third-order valence-electron chi connectivity index (χ3n) is 0.0645. The van der Waals surface area contributed by atoms with E-state index in [0.717, 1.165) is 0 Å². The molecule has 0 aromatic heterocycles. The van der Waals surface area contributed by atoms with E-state index in [1.54, 1.807) is 0 Å². The fourth-order valence-corrected chi connectivity index (χ4v) is 0. The Labute approximate surface area is 37.1 Å². The molecule has 0 aliphatic rings. The quantitative estimate of drug-likeness (QED) is 0.502. The minimum absolute atomic E-state index is 0.105. The molecular formula is H6P4. The van der Waals surface area contributed by atoms with Crippen LogP contribution in [0.3, 0.4) is 0 Å². The number of hydrogen-bond acceptors (Lipinski definition) is 0. The summed E-state index contributed by atoms with van der Waals surface area (Å²) >= 11 is 0. The van der Waals surface area contributed by atoms with Gasteiger partial charge in [0, 0.05) is 0 Å². The number of hydrogen-bond donors (Lipinski definition) is 0. The highest BCUT2D eigenvalue weighted by atomic mass is 32.6. The molecule has 0 spiro atoms. The van der Waals surface area contributed by atoms with Crippen LogP contribution in [-0.2, 0) is 0 Å². The summed E-state index contributed by atoms with van der Waals surface area (Å²) in [5, 5.41) is 0. The molecular weight excluding hydrogens is 124 g/mol. The summed E-state index contributed by atoms with van der Waals surface area (Å²) < 4.78 is 13.6. The van der Waals surface area contributed by atoms with Gasteiger partial charge in [-0.15, -0.1) is 17.8 Å². The van der Waals surface area contributed by atoms with Gasteiger partial charge in [0.1, 0.15) is 0 Å². The van der Waals surface area contributed by atoms with Crippen LogP contribution in [0.2, 0.25) is 0 Å². The van der Waals surface area contributed by atoms with Crippen LogP contribution < -0.4 is 0 Å². The zero-order valence-electron chi connectivity index (χ0n) is 4.02. The average Bonchev–Trinajstić information content (AvgIpc) is 1.65. The third-order valence-corrected chi connectivity index (χ3v) is 5.23. The van der Waals surface area contributed by atoms with Gasteiger partial charge in [-0.05, 0) is 0 Å². The first-order valence-corrected chi connectivity index (χ1v) is 6.62. The van der Waals surface area contributed by atoms with Crippen LogP contribution in [-0.4, -0.2) is 2.56 Å². The Hall–Kier alpha value is 1.72. The Bertz CT molecular complexity index is 24.7. The lowest BCUT2D eigenvalue weighted by Gasteiger charge is -1.70. The van der Waals surface area contributed by atoms with Crippen molar-refractivity contribution in [1.82, 2.24) is 0 Å². The van der Waals surface area contributed by atoms with Gasteiger partial charge in [-0.1, -0.05) is 15.9 Å². The third kappa shape index (κ3) is 3.72. The van der Waals surface area contributed by atoms with E-state index >= 15 is 0 Å². The summed E-state index contributed by atoms with van der Waals surface area (Å²) in [6.07, 6.45) is 0. The minimum atomic E-state index is -0.641. The fourth-order valence-electron chi connectivity index (χ4n) is 0. The second-order valence-corrected chi connectivity index (χ2v) is 6.50. The molecule has 0 fully saturated rings. The Morgan fingerprint density at radius 3 is 3.00 bits per heavy atom. The molecule has 0 saturated heterocycles. The van der Waals surface area contributed by atoms with E-state index in [1.807, 2.05) is 0 Å². The molecule has 26 valence electrons. The monoisotopic (exact) mass is 132 g/mol. The lowest BCUT2D eigenvalue weighted by Crippen LogP contribution is -0.756. The highest BCUT2D eigenvalue weighted by Gasteiger charge is 1.53. The fraction of sp³-hybridized carbons (Fsp3) is 0. The SMILES string of the molecule is [2H]PP([2H])PP. The summed E-state index contributed by atoms with van der Waals surface area (Å²) in [4.78, 5) is 0. The Morgan fingerprint density at radius 1 is 2.25 bits per heavy atom. The smallest absolute Gasteiger partial charge is 0.0671 e. The molecule has 4 atom stereocenters. The van der Waals surface area contributed by atoms with Gasteiger partial charge in [-0.3, -0.25) is 0 Å². The topological polar surface area (TPSA) is 0 Å². The van der Waals surface area contributed by atoms with Crippen molar-refractivity contribution < 1.29 is 0 Å². The van der Waals surface area contributed by atoms with Crippen LogP contribution in [0, 0.1) is 0 Å². The molecule has 0 heterocycles. The van der Waals surface area contributed by atoms with Crippen molar-refractivity contribution in [2.24, 2.45) is 0 Å². The zero-order chi connectivity index (χ0) is 4.99. The van der Waals surface area contributed by atoms with Gasteiger partial charge in [-0.2, -0.15) is 0 Å². The molecule has 0 saturated carbocycles. The molecule has 0 aliphatic heterocycles. The van der Waals surface area contributed by atoms with E-state index < -0.39 is 7.90 Å². The Kier molecular flexibility index (Phi) is 3.33. The molecule has 4 heteroatoms. The summed E-state index contributed by atoms with van der Waals surface area (Å²) in [6.45, 7) is 0. The average molecular weight is 132 g/mol. The predicted octanol–water partition coefficient (Wildman–Crippen LogP) is 1.84. The molecule has 0 aliphatic carbocycles. The van der Waals surface area contributed by atoms with Crippen LogP contribution in [0.5, 0.6) is 0 Å². The lowest BCUT2D eigenvalue weighted by atomic mass is 29.4. The number of rotatable bonds is 2. The molecule has 0 aromatic carbocycles. The van der Waals surface area contributed by atoms with Gasteiger partial charge in [-0.25, -0.2) is 0 Å². The molecule has 4 heavy (non-hydrogen) atoms. The van der Waals surface area contributed by atoms with Gasteiger partial charge in [0.2, 0.25) is 0 Å². The normalized spacial score (nSPS) is 28.2. The molecule has 0 bridgehead atoms. The second-order valence-electron chi connectivity index (χ2n) is 0.241. The van der Waals surface area contributed by atoms with Gasteiger partial charge in [0.25, 0.3) is 0 Å². The van der Waals surface area contributed by atoms with E-state index in [2.05, 4.69) is 8.93 Å². The lowest BCUT2D eigenvalue weighted by molar-refractivity contribution is 5.30. The van der Waals surface area contributed by atoms with E-state index in [0.29, 0.717) is 7.96 Å². The first-order valence-electron chi connectivity index (χ1n) is 1.68. The van der Waals surface area contributed by atoms with Crippen molar-refractivity contribution in [2.75, 3.05) is 0 Å². The maximum atomic E-state index is 6.95. The summed E-state index contributed by atoms with van der Waals surface area (Å²) in [7, 11) is 2.56. The Balaban J connectivity index is 2.75. The molecule has 0 N–H and O–H groups in total. The first-order chi connectivity index (χ1) is 2.81. The van der Waals surface area contributed by atoms with E-state index in [4.69, 9.17) is 2.56 Å². The van der Waals surface area contributed by atoms with E-state index in [-0.39, 0.29) is 8.87 Å². The van der Waals surface area contributed by atoms with Crippen molar-refractivity contribution in [3.05, 3.63) is 0 Å². The maximum absolute atomic E-state index is 6.95. The molecule has 0 aromatic rings. The minimum Gasteiger partial charge on any atom is -0.110 e. The van der Waals surface area contributed by atoms with Crippen molar-refractivity contribution in [3.8, 4) is 0 Å². The van der Waals surface area contributed by atoms with Gasteiger partial charge < -0.3 is 0 Å². The van der Waals surface area contributed by atoms with Crippen molar-refractivity contribution in [3.63, 3.8) is 0 Å². The molecule has 0 amide bonds. The molecule has 0 nitrogen and oxygen atoms in total. The van der Waals surface area contributed by atoms with Crippen molar-refractivity contribution in [1.29, 1.82) is 2.56 Å². The predicted molar refractivity (Wildman–Crippen MR) is 36.1 cm³/mol.